The van der Waals surface area contributed by atoms with E-state index < -0.39 is 11.4 Å². The molecule has 38 heavy (non-hydrogen) atoms. The highest BCUT2D eigenvalue weighted by Crippen LogP contribution is 2.44. The molecular weight excluding hydrogens is 507 g/mol. The Bertz CT molecular complexity index is 1610. The fraction of sp³-hybridized carbons (Fsp3) is 0.310. The van der Waals surface area contributed by atoms with Gasteiger partial charge in [0.2, 0.25) is 0 Å². The molecule has 7 nitrogen and oxygen atoms in total. The predicted octanol–water partition coefficient (Wildman–Crippen LogP) is 5.31. The first kappa shape index (κ1) is 26.0. The molecule has 4 aromatic rings. The molecule has 0 spiro atoms. The van der Waals surface area contributed by atoms with E-state index >= 15 is 0 Å². The number of aromatic nitrogens is 3. The molecule has 0 aliphatic carbocycles. The summed E-state index contributed by atoms with van der Waals surface area (Å²) in [5, 5.41) is 22.5. The maximum absolute atomic E-state index is 14.9. The second-order valence-corrected chi connectivity index (χ2v) is 11.3. The molecule has 9 heteroatoms. The number of aryl methyl sites for hydroxylation is 2. The molecule has 2 N–H and O–H groups in total. The zero-order valence-electron chi connectivity index (χ0n) is 22.0. The first-order valence-corrected chi connectivity index (χ1v) is 12.7. The molecule has 1 fully saturated rings. The lowest BCUT2D eigenvalue weighted by Crippen LogP contribution is -2.40. The number of aliphatic hydroxyl groups is 1. The van der Waals surface area contributed by atoms with Crippen molar-refractivity contribution in [2.45, 2.75) is 33.3 Å². The number of phenolic OH excluding ortho intramolecular Hbond substituents is 1. The third kappa shape index (κ3) is 4.27. The van der Waals surface area contributed by atoms with E-state index in [0.717, 1.165) is 11.4 Å². The lowest BCUT2D eigenvalue weighted by Gasteiger charge is -2.30. The largest absolute Gasteiger partial charge is 0.507 e. The van der Waals surface area contributed by atoms with Crippen molar-refractivity contribution in [3.63, 3.8) is 0 Å². The third-order valence-electron chi connectivity index (χ3n) is 7.79. The molecule has 2 aromatic carbocycles. The summed E-state index contributed by atoms with van der Waals surface area (Å²) in [6.07, 6.45) is 4.85. The number of hydrogen-bond acceptors (Lipinski definition) is 5. The van der Waals surface area contributed by atoms with E-state index in [9.17, 15) is 19.4 Å². The summed E-state index contributed by atoms with van der Waals surface area (Å²) in [7, 11) is 1.64. The summed E-state index contributed by atoms with van der Waals surface area (Å²) < 4.78 is 17.8. The predicted molar refractivity (Wildman–Crippen MR) is 148 cm³/mol. The zero-order valence-corrected chi connectivity index (χ0v) is 22.7. The van der Waals surface area contributed by atoms with Crippen molar-refractivity contribution < 1.29 is 14.6 Å². The average molecular weight is 537 g/mol. The standard InChI is InChI=1S/C29H30ClFN4O3/c1-17-25(34-15-28(2,3)29(4,38)16-34)11-19(14-32-17)22-13-20(31)12-21(26(22)36)18-6-7-24(23(30)10-18)35-9-8-33(5)27(35)37/h6-14,36,38H,15-16H2,1-5H3/t29-/m1/s1. The van der Waals surface area contributed by atoms with Crippen LogP contribution in [-0.4, -0.2) is 43.0 Å². The molecule has 1 aliphatic heterocycles. The zero-order chi connectivity index (χ0) is 27.6. The second kappa shape index (κ2) is 8.99. The van der Waals surface area contributed by atoms with Crippen LogP contribution in [0, 0.1) is 18.2 Å². The topological polar surface area (TPSA) is 83.5 Å². The molecule has 0 unspecified atom stereocenters. The Morgan fingerprint density at radius 1 is 1.00 bits per heavy atom. The number of β-amino-alcohol motifs (C(OH)–C–C–N with tert-alkyl or cyclic N) is 1. The van der Waals surface area contributed by atoms with Gasteiger partial charge >= 0.3 is 5.69 Å². The van der Waals surface area contributed by atoms with Crippen LogP contribution in [0.5, 0.6) is 5.75 Å². The van der Waals surface area contributed by atoms with Gasteiger partial charge in [0.1, 0.15) is 11.6 Å². The lowest BCUT2D eigenvalue weighted by atomic mass is 9.79. The van der Waals surface area contributed by atoms with E-state index in [1.807, 2.05) is 33.8 Å². The maximum atomic E-state index is 14.9. The highest BCUT2D eigenvalue weighted by atomic mass is 35.5. The van der Waals surface area contributed by atoms with Crippen LogP contribution in [0.3, 0.4) is 0 Å². The lowest BCUT2D eigenvalue weighted by molar-refractivity contribution is -0.00890. The van der Waals surface area contributed by atoms with Crippen molar-refractivity contribution in [3.8, 4) is 33.7 Å². The summed E-state index contributed by atoms with van der Waals surface area (Å²) >= 11 is 6.52. The van der Waals surface area contributed by atoms with Gasteiger partial charge < -0.3 is 19.7 Å². The Labute approximate surface area is 225 Å². The molecular formula is C29H30ClFN4O3. The highest BCUT2D eigenvalue weighted by molar-refractivity contribution is 6.32. The Kier molecular flexibility index (Phi) is 6.16. The number of imidazole rings is 1. The normalized spacial score (nSPS) is 18.8. The van der Waals surface area contributed by atoms with Crippen LogP contribution in [0.1, 0.15) is 26.5 Å². The summed E-state index contributed by atoms with van der Waals surface area (Å²) in [5.74, 6) is -0.642. The summed E-state index contributed by atoms with van der Waals surface area (Å²) in [6, 6.07) is 9.35. The second-order valence-electron chi connectivity index (χ2n) is 10.9. The number of rotatable bonds is 4. The fourth-order valence-electron chi connectivity index (χ4n) is 5.00. The van der Waals surface area contributed by atoms with Gasteiger partial charge in [-0.1, -0.05) is 31.5 Å². The van der Waals surface area contributed by atoms with Gasteiger partial charge in [-0.25, -0.2) is 9.18 Å². The van der Waals surface area contributed by atoms with Gasteiger partial charge in [0.15, 0.2) is 0 Å². The van der Waals surface area contributed by atoms with E-state index in [1.54, 1.807) is 43.8 Å². The van der Waals surface area contributed by atoms with Gasteiger partial charge in [0.05, 0.1) is 27.7 Å². The Balaban J connectivity index is 1.56. The van der Waals surface area contributed by atoms with Crippen LogP contribution >= 0.6 is 11.6 Å². The van der Waals surface area contributed by atoms with Gasteiger partial charge in [-0.05, 0) is 49.7 Å². The number of phenols is 1. The number of halogens is 2. The fourth-order valence-corrected chi connectivity index (χ4v) is 5.28. The molecule has 0 radical (unpaired) electrons. The molecule has 1 atom stereocenters. The van der Waals surface area contributed by atoms with Crippen LogP contribution in [0.4, 0.5) is 10.1 Å². The van der Waals surface area contributed by atoms with E-state index in [1.165, 1.54) is 21.3 Å². The molecule has 198 valence electrons. The Morgan fingerprint density at radius 2 is 1.68 bits per heavy atom. The quantitative estimate of drug-likeness (QED) is 0.369. The Morgan fingerprint density at radius 3 is 2.26 bits per heavy atom. The van der Waals surface area contributed by atoms with Gasteiger partial charge in [0.25, 0.3) is 0 Å². The average Bonchev–Trinajstić information content (AvgIpc) is 3.28. The first-order valence-electron chi connectivity index (χ1n) is 12.3. The van der Waals surface area contributed by atoms with E-state index in [0.29, 0.717) is 35.5 Å². The monoisotopic (exact) mass is 536 g/mol. The van der Waals surface area contributed by atoms with Crippen LogP contribution in [0.25, 0.3) is 27.9 Å². The summed E-state index contributed by atoms with van der Waals surface area (Å²) in [4.78, 5) is 19.0. The molecule has 1 aliphatic rings. The minimum atomic E-state index is -0.889. The van der Waals surface area contributed by atoms with Gasteiger partial charge in [-0.15, -0.1) is 0 Å². The van der Waals surface area contributed by atoms with Crippen LogP contribution < -0.4 is 10.6 Å². The van der Waals surface area contributed by atoms with Gasteiger partial charge in [-0.2, -0.15) is 0 Å². The van der Waals surface area contributed by atoms with Gasteiger partial charge in [-0.3, -0.25) is 9.55 Å². The minimum absolute atomic E-state index is 0.113. The molecule has 0 amide bonds. The molecule has 0 saturated carbocycles. The van der Waals surface area contributed by atoms with Crippen LogP contribution in [0.2, 0.25) is 5.02 Å². The van der Waals surface area contributed by atoms with Crippen molar-refractivity contribution in [2.24, 2.45) is 12.5 Å². The van der Waals surface area contributed by atoms with E-state index in [2.05, 4.69) is 9.88 Å². The van der Waals surface area contributed by atoms with E-state index in [4.69, 9.17) is 11.6 Å². The van der Waals surface area contributed by atoms with Crippen LogP contribution in [0.15, 0.2) is 59.8 Å². The maximum Gasteiger partial charge on any atom is 0.332 e. The first-order chi connectivity index (χ1) is 17.8. The van der Waals surface area contributed by atoms with Crippen molar-refractivity contribution in [1.29, 1.82) is 0 Å². The number of benzene rings is 2. The highest BCUT2D eigenvalue weighted by Gasteiger charge is 2.48. The number of anilines is 1. The summed E-state index contributed by atoms with van der Waals surface area (Å²) in [5.41, 5.74) is 2.20. The smallest absolute Gasteiger partial charge is 0.332 e. The SMILES string of the molecule is Cc1ncc(-c2cc(F)cc(-c3ccc(-n4ccn(C)c4=O)c(Cl)c3)c2O)cc1N1CC(C)(C)[C@](C)(O)C1. The number of pyridine rings is 1. The Hall–Kier alpha value is -3.62. The number of aromatic hydroxyl groups is 1. The van der Waals surface area contributed by atoms with Crippen molar-refractivity contribution >= 4 is 17.3 Å². The number of hydrogen-bond donors (Lipinski definition) is 2. The third-order valence-corrected chi connectivity index (χ3v) is 8.10. The number of nitrogens with zero attached hydrogens (tertiary/aromatic N) is 4. The van der Waals surface area contributed by atoms with Crippen molar-refractivity contribution in [2.75, 3.05) is 18.0 Å². The van der Waals surface area contributed by atoms with Crippen molar-refractivity contribution in [3.05, 3.63) is 82.0 Å². The molecule has 5 rings (SSSR count). The van der Waals surface area contributed by atoms with Crippen LogP contribution in [-0.2, 0) is 7.05 Å². The molecule has 0 bridgehead atoms. The molecule has 2 aromatic heterocycles. The summed E-state index contributed by atoms with van der Waals surface area (Å²) in [6.45, 7) is 8.82. The van der Waals surface area contributed by atoms with Crippen molar-refractivity contribution in [1.82, 2.24) is 14.1 Å². The van der Waals surface area contributed by atoms with Gasteiger partial charge in [0, 0.05) is 60.8 Å². The minimum Gasteiger partial charge on any atom is -0.507 e. The molecule has 1 saturated heterocycles. The van der Waals surface area contributed by atoms with E-state index in [-0.39, 0.29) is 27.4 Å². The molecule has 3 heterocycles.